The number of likely N-dealkylation sites (N-methyl/N-ethyl adjacent to an activating group) is 1. The van der Waals surface area contributed by atoms with Gasteiger partial charge in [-0.2, -0.15) is 0 Å². The highest BCUT2D eigenvalue weighted by Gasteiger charge is 2.39. The van der Waals surface area contributed by atoms with Gasteiger partial charge in [0.15, 0.2) is 0 Å². The minimum atomic E-state index is -1.01. The summed E-state index contributed by atoms with van der Waals surface area (Å²) in [4.78, 5) is 23.3. The second kappa shape index (κ2) is 3.96. The summed E-state index contributed by atoms with van der Waals surface area (Å²) in [5.41, 5.74) is -0.815. The minimum Gasteiger partial charge on any atom is -0.480 e. The van der Waals surface area contributed by atoms with Gasteiger partial charge in [-0.25, -0.2) is 0 Å². The molecule has 1 unspecified atom stereocenters. The van der Waals surface area contributed by atoms with Crippen molar-refractivity contribution in [1.29, 1.82) is 0 Å². The largest absolute Gasteiger partial charge is 0.480 e. The number of carbonyl (C=O) groups is 2. The number of nitrogens with zero attached hydrogens (tertiary/aromatic N) is 1. The third-order valence-electron chi connectivity index (χ3n) is 2.39. The van der Waals surface area contributed by atoms with Gasteiger partial charge >= 0.3 is 5.97 Å². The molecule has 5 heteroatoms. The minimum absolute atomic E-state index is 0.252. The molecule has 0 radical (unpaired) electrons. The van der Waals surface area contributed by atoms with Crippen LogP contribution in [0.1, 0.15) is 19.8 Å². The SMILES string of the molecule is CN(CC(=O)O)C(=O)C1(C)CCCO1. The van der Waals surface area contributed by atoms with Gasteiger partial charge < -0.3 is 14.7 Å². The van der Waals surface area contributed by atoms with Crippen LogP contribution in [0.25, 0.3) is 0 Å². The van der Waals surface area contributed by atoms with Crippen molar-refractivity contribution in [2.45, 2.75) is 25.4 Å². The molecule has 1 N–H and O–H groups in total. The van der Waals surface area contributed by atoms with Crippen LogP contribution < -0.4 is 0 Å². The molecule has 0 aromatic heterocycles. The van der Waals surface area contributed by atoms with Gasteiger partial charge in [0, 0.05) is 13.7 Å². The van der Waals surface area contributed by atoms with E-state index in [9.17, 15) is 9.59 Å². The smallest absolute Gasteiger partial charge is 0.323 e. The van der Waals surface area contributed by atoms with Crippen LogP contribution in [-0.2, 0) is 14.3 Å². The van der Waals surface area contributed by atoms with Crippen molar-refractivity contribution < 1.29 is 19.4 Å². The van der Waals surface area contributed by atoms with Crippen LogP contribution >= 0.6 is 0 Å². The van der Waals surface area contributed by atoms with Crippen LogP contribution in [0, 0.1) is 0 Å². The van der Waals surface area contributed by atoms with E-state index >= 15 is 0 Å². The van der Waals surface area contributed by atoms with E-state index in [-0.39, 0.29) is 12.5 Å². The molecule has 5 nitrogen and oxygen atoms in total. The van der Waals surface area contributed by atoms with Crippen LogP contribution in [-0.4, -0.2) is 47.7 Å². The highest BCUT2D eigenvalue weighted by atomic mass is 16.5. The summed E-state index contributed by atoms with van der Waals surface area (Å²) < 4.78 is 5.32. The number of rotatable bonds is 3. The van der Waals surface area contributed by atoms with Crippen LogP contribution in [0.5, 0.6) is 0 Å². The first-order valence-corrected chi connectivity index (χ1v) is 4.57. The number of carboxylic acid groups (broad SMARTS) is 1. The summed E-state index contributed by atoms with van der Waals surface area (Å²) in [6.45, 7) is 2.00. The Hall–Kier alpha value is -1.10. The first kappa shape index (κ1) is 11.0. The summed E-state index contributed by atoms with van der Waals surface area (Å²) in [5, 5.41) is 8.52. The summed E-state index contributed by atoms with van der Waals surface area (Å²) in [6.07, 6.45) is 1.51. The van der Waals surface area contributed by atoms with E-state index in [1.54, 1.807) is 6.92 Å². The molecule has 1 rings (SSSR count). The second-order valence-corrected chi connectivity index (χ2v) is 3.74. The number of amides is 1. The summed E-state index contributed by atoms with van der Waals surface area (Å²) >= 11 is 0. The van der Waals surface area contributed by atoms with Crippen LogP contribution in [0.4, 0.5) is 0 Å². The molecule has 0 aliphatic carbocycles. The quantitative estimate of drug-likeness (QED) is 0.703. The molecule has 80 valence electrons. The highest BCUT2D eigenvalue weighted by molar-refractivity contribution is 5.87. The zero-order valence-corrected chi connectivity index (χ0v) is 8.45. The molecule has 0 aromatic rings. The zero-order chi connectivity index (χ0) is 10.8. The molecular formula is C9H15NO4. The molecule has 1 heterocycles. The number of carboxylic acids is 1. The van der Waals surface area contributed by atoms with E-state index in [0.717, 1.165) is 6.42 Å². The Morgan fingerprint density at radius 1 is 1.57 bits per heavy atom. The van der Waals surface area contributed by atoms with Gasteiger partial charge in [-0.15, -0.1) is 0 Å². The summed E-state index contributed by atoms with van der Waals surface area (Å²) in [5.74, 6) is -1.26. The van der Waals surface area contributed by atoms with Gasteiger partial charge in [0.05, 0.1) is 0 Å². The molecule has 1 atom stereocenters. The predicted octanol–water partition coefficient (Wildman–Crippen LogP) is 0.0985. The monoisotopic (exact) mass is 201 g/mol. The third-order valence-corrected chi connectivity index (χ3v) is 2.39. The Balaban J connectivity index is 2.59. The Bertz CT molecular complexity index is 245. The van der Waals surface area contributed by atoms with Crippen LogP contribution in [0.2, 0.25) is 0 Å². The number of carbonyl (C=O) groups excluding carboxylic acids is 1. The molecular weight excluding hydrogens is 186 g/mol. The van der Waals surface area contributed by atoms with Crippen molar-refractivity contribution in [3.05, 3.63) is 0 Å². The fourth-order valence-electron chi connectivity index (χ4n) is 1.63. The average molecular weight is 201 g/mol. The summed E-state index contributed by atoms with van der Waals surface area (Å²) in [6, 6.07) is 0. The van der Waals surface area contributed by atoms with E-state index in [4.69, 9.17) is 9.84 Å². The fraction of sp³-hybridized carbons (Fsp3) is 0.778. The molecule has 1 fully saturated rings. The van der Waals surface area contributed by atoms with Gasteiger partial charge in [0.2, 0.25) is 0 Å². The first-order chi connectivity index (χ1) is 6.46. The Morgan fingerprint density at radius 2 is 2.21 bits per heavy atom. The normalized spacial score (nSPS) is 26.1. The van der Waals surface area contributed by atoms with Crippen molar-refractivity contribution in [1.82, 2.24) is 4.90 Å². The van der Waals surface area contributed by atoms with E-state index < -0.39 is 11.6 Å². The maximum Gasteiger partial charge on any atom is 0.323 e. The zero-order valence-electron chi connectivity index (χ0n) is 8.45. The fourth-order valence-corrected chi connectivity index (χ4v) is 1.63. The molecule has 14 heavy (non-hydrogen) atoms. The standard InChI is InChI=1S/C9H15NO4/c1-9(4-3-5-14-9)8(13)10(2)6-7(11)12/h3-6H2,1-2H3,(H,11,12). The topological polar surface area (TPSA) is 66.8 Å². The lowest BCUT2D eigenvalue weighted by Gasteiger charge is -2.27. The molecule has 1 amide bonds. The van der Waals surface area contributed by atoms with Gasteiger partial charge in [0.25, 0.3) is 5.91 Å². The second-order valence-electron chi connectivity index (χ2n) is 3.74. The molecule has 0 saturated carbocycles. The lowest BCUT2D eigenvalue weighted by atomic mass is 10.0. The number of aliphatic carboxylic acids is 1. The average Bonchev–Trinajstić information content (AvgIpc) is 2.51. The number of ether oxygens (including phenoxy) is 1. The first-order valence-electron chi connectivity index (χ1n) is 4.57. The lowest BCUT2D eigenvalue weighted by molar-refractivity contribution is -0.154. The van der Waals surface area contributed by atoms with Crippen LogP contribution in [0.3, 0.4) is 0 Å². The lowest BCUT2D eigenvalue weighted by Crippen LogP contribution is -2.46. The molecule has 0 aromatic carbocycles. The maximum atomic E-state index is 11.7. The predicted molar refractivity (Wildman–Crippen MR) is 48.9 cm³/mol. The Labute approximate surface area is 82.6 Å². The summed E-state index contributed by atoms with van der Waals surface area (Å²) in [7, 11) is 1.48. The third kappa shape index (κ3) is 2.23. The Kier molecular flexibility index (Phi) is 3.10. The van der Waals surface area contributed by atoms with Crippen LogP contribution in [0.15, 0.2) is 0 Å². The van der Waals surface area contributed by atoms with Crippen molar-refractivity contribution in [3.63, 3.8) is 0 Å². The maximum absolute atomic E-state index is 11.7. The molecule has 1 aliphatic rings. The highest BCUT2D eigenvalue weighted by Crippen LogP contribution is 2.26. The van der Waals surface area contributed by atoms with Gasteiger partial charge in [-0.3, -0.25) is 9.59 Å². The van der Waals surface area contributed by atoms with E-state index in [2.05, 4.69) is 0 Å². The number of hydrogen-bond donors (Lipinski definition) is 1. The number of hydrogen-bond acceptors (Lipinski definition) is 3. The van der Waals surface area contributed by atoms with Crippen molar-refractivity contribution in [2.24, 2.45) is 0 Å². The van der Waals surface area contributed by atoms with E-state index in [1.807, 2.05) is 0 Å². The van der Waals surface area contributed by atoms with Crippen molar-refractivity contribution >= 4 is 11.9 Å². The molecule has 1 saturated heterocycles. The van der Waals surface area contributed by atoms with Gasteiger partial charge in [-0.1, -0.05) is 0 Å². The molecule has 0 spiro atoms. The Morgan fingerprint density at radius 3 is 2.64 bits per heavy atom. The molecule has 1 aliphatic heterocycles. The van der Waals surface area contributed by atoms with E-state index in [0.29, 0.717) is 13.0 Å². The van der Waals surface area contributed by atoms with Crippen molar-refractivity contribution in [3.8, 4) is 0 Å². The molecule has 0 bridgehead atoms. The van der Waals surface area contributed by atoms with Gasteiger partial charge in [-0.05, 0) is 19.8 Å². The van der Waals surface area contributed by atoms with Gasteiger partial charge in [0.1, 0.15) is 12.1 Å². The van der Waals surface area contributed by atoms with E-state index in [1.165, 1.54) is 11.9 Å². The van der Waals surface area contributed by atoms with Crippen molar-refractivity contribution in [2.75, 3.05) is 20.2 Å².